The normalized spacial score (nSPS) is 20.5. The number of carbonyl (C=O) groups excluding carboxylic acids is 1. The van der Waals surface area contributed by atoms with Crippen LogP contribution in [0.1, 0.15) is 61.5 Å². The Morgan fingerprint density at radius 1 is 1.04 bits per heavy atom. The highest BCUT2D eigenvalue weighted by atomic mass is 35.5. The number of amides is 1. The second-order valence-corrected chi connectivity index (χ2v) is 15.4. The van der Waals surface area contributed by atoms with E-state index >= 15 is 0 Å². The number of aryl methyl sites for hydroxylation is 1. The summed E-state index contributed by atoms with van der Waals surface area (Å²) in [6.45, 7) is 9.48. The number of carbonyl (C=O) groups is 1. The molecule has 4 atom stereocenters. The summed E-state index contributed by atoms with van der Waals surface area (Å²) in [5.74, 6) is -0.129. The summed E-state index contributed by atoms with van der Waals surface area (Å²) >= 11 is 12.4. The number of aliphatic hydroxyl groups is 1. The highest BCUT2D eigenvalue weighted by Gasteiger charge is 2.31. The van der Waals surface area contributed by atoms with Crippen LogP contribution in [0, 0.1) is 12.8 Å². The molecule has 1 amide bonds. The van der Waals surface area contributed by atoms with E-state index < -0.39 is 16.1 Å². The number of fused-ring (bicyclic) bond motifs is 1. The summed E-state index contributed by atoms with van der Waals surface area (Å²) in [4.78, 5) is 18.3. The van der Waals surface area contributed by atoms with Crippen molar-refractivity contribution < 1.29 is 27.8 Å². The average molecular weight is 721 g/mol. The van der Waals surface area contributed by atoms with Crippen LogP contribution in [0.2, 0.25) is 10.0 Å². The maximum atomic E-state index is 14.4. The van der Waals surface area contributed by atoms with Crippen molar-refractivity contribution in [2.75, 3.05) is 38.1 Å². The number of rotatable bonds is 9. The van der Waals surface area contributed by atoms with E-state index in [0.717, 1.165) is 30.4 Å². The third-order valence-corrected chi connectivity index (χ3v) is 10.7. The number of likely N-dealkylation sites (N-methyl/N-ethyl adjacent to an activating group) is 1. The smallest absolute Gasteiger partial charge is 0.261 e. The Bertz CT molecular complexity index is 1640. The summed E-state index contributed by atoms with van der Waals surface area (Å²) in [5.41, 5.74) is 2.40. The van der Waals surface area contributed by atoms with Crippen LogP contribution in [0.3, 0.4) is 0 Å². The Morgan fingerprint density at radius 2 is 1.77 bits per heavy atom. The number of sulfonamides is 1. The molecule has 0 saturated heterocycles. The van der Waals surface area contributed by atoms with Gasteiger partial charge in [-0.15, -0.1) is 0 Å². The number of hydrogen-bond donors (Lipinski definition) is 2. The molecule has 0 unspecified atom stereocenters. The average Bonchev–Trinajstić information content (AvgIpc) is 3.04. The van der Waals surface area contributed by atoms with Gasteiger partial charge in [0.1, 0.15) is 5.75 Å². The highest BCUT2D eigenvalue weighted by molar-refractivity contribution is 7.92. The summed E-state index contributed by atoms with van der Waals surface area (Å²) in [5, 5.41) is 11.3. The lowest BCUT2D eigenvalue weighted by molar-refractivity contribution is -0.0177. The number of anilines is 1. The van der Waals surface area contributed by atoms with Gasteiger partial charge in [-0.25, -0.2) is 8.42 Å². The first-order valence-electron chi connectivity index (χ1n) is 16.3. The number of nitrogens with zero attached hydrogens (tertiary/aromatic N) is 2. The van der Waals surface area contributed by atoms with E-state index in [2.05, 4.69) is 9.62 Å². The van der Waals surface area contributed by atoms with Crippen LogP contribution < -0.4 is 9.46 Å². The molecule has 0 fully saturated rings. The highest BCUT2D eigenvalue weighted by Crippen LogP contribution is 2.30. The van der Waals surface area contributed by atoms with Crippen molar-refractivity contribution in [3.05, 3.63) is 87.4 Å². The van der Waals surface area contributed by atoms with E-state index in [4.69, 9.17) is 32.7 Å². The molecule has 0 aromatic heterocycles. The molecule has 0 bridgehead atoms. The summed E-state index contributed by atoms with van der Waals surface area (Å²) in [6.07, 6.45) is 2.03. The molecule has 48 heavy (non-hydrogen) atoms. The Balaban J connectivity index is 1.63. The second-order valence-electron chi connectivity index (χ2n) is 12.9. The first kappa shape index (κ1) is 38.0. The standard InChI is InChI=1S/C36H47Cl2N3O6S/c1-24-9-13-30(14-10-24)48(44,45)39-29-12-16-34-31(19-29)36(43)41(26(3)23-42)20-25(2)35(46-17-7-6-8-27(4)47-34)22-40(5)21-28-11-15-32(37)33(38)18-28/h9-16,18-19,25-27,35,39,42H,6-8,17,20-23H2,1-5H3/t25-,26-,27+,35+/m1/s1. The quantitative estimate of drug-likeness (QED) is 0.245. The largest absolute Gasteiger partial charge is 0.490 e. The van der Waals surface area contributed by atoms with E-state index in [1.165, 1.54) is 6.07 Å². The van der Waals surface area contributed by atoms with E-state index in [0.29, 0.717) is 42.0 Å². The third kappa shape index (κ3) is 10.3. The van der Waals surface area contributed by atoms with Crippen LogP contribution in [-0.2, 0) is 21.3 Å². The zero-order valence-corrected chi connectivity index (χ0v) is 30.6. The van der Waals surface area contributed by atoms with Gasteiger partial charge in [-0.1, -0.05) is 53.9 Å². The molecule has 12 heteroatoms. The SMILES string of the molecule is Cc1ccc(S(=O)(=O)Nc2ccc3c(c2)C(=O)N([C@H](C)CO)C[C@@H](C)[C@H](CN(C)Cc2ccc(Cl)c(Cl)c2)OCCCC[C@H](C)O3)cc1. The minimum atomic E-state index is -3.91. The molecule has 4 rings (SSSR count). The fraction of sp³-hybridized carbons (Fsp3) is 0.472. The molecule has 0 radical (unpaired) electrons. The monoisotopic (exact) mass is 719 g/mol. The zero-order valence-electron chi connectivity index (χ0n) is 28.3. The van der Waals surface area contributed by atoms with Crippen LogP contribution in [0.4, 0.5) is 5.69 Å². The number of nitrogens with one attached hydrogen (secondary N) is 1. The van der Waals surface area contributed by atoms with Gasteiger partial charge in [-0.3, -0.25) is 14.4 Å². The van der Waals surface area contributed by atoms with Crippen molar-refractivity contribution in [3.8, 4) is 5.75 Å². The molecule has 1 aliphatic heterocycles. The molecule has 3 aromatic carbocycles. The molecule has 2 N–H and O–H groups in total. The molecule has 0 saturated carbocycles. The Labute approximate surface area is 295 Å². The molecular formula is C36H47Cl2N3O6S. The number of hydrogen-bond acceptors (Lipinski definition) is 7. The lowest BCUT2D eigenvalue weighted by Gasteiger charge is -2.36. The molecule has 1 heterocycles. The number of halogens is 2. The lowest BCUT2D eigenvalue weighted by atomic mass is 10.0. The topological polar surface area (TPSA) is 108 Å². The fourth-order valence-corrected chi connectivity index (χ4v) is 7.07. The van der Waals surface area contributed by atoms with Crippen molar-refractivity contribution >= 4 is 44.8 Å². The van der Waals surface area contributed by atoms with E-state index in [-0.39, 0.29) is 46.8 Å². The number of benzene rings is 3. The summed E-state index contributed by atoms with van der Waals surface area (Å²) in [7, 11) is -1.90. The van der Waals surface area contributed by atoms with Crippen LogP contribution in [0.15, 0.2) is 65.6 Å². The minimum absolute atomic E-state index is 0.115. The molecular weight excluding hydrogens is 673 g/mol. The Hall–Kier alpha value is -2.86. The molecule has 0 aliphatic carbocycles. The Kier molecular flexibility index (Phi) is 13.6. The van der Waals surface area contributed by atoms with Gasteiger partial charge in [0.05, 0.1) is 45.4 Å². The van der Waals surface area contributed by atoms with Crippen LogP contribution >= 0.6 is 23.2 Å². The van der Waals surface area contributed by atoms with Gasteiger partial charge >= 0.3 is 0 Å². The van der Waals surface area contributed by atoms with Crippen molar-refractivity contribution in [3.63, 3.8) is 0 Å². The van der Waals surface area contributed by atoms with Gasteiger partial charge in [0.15, 0.2) is 0 Å². The maximum Gasteiger partial charge on any atom is 0.261 e. The van der Waals surface area contributed by atoms with E-state index in [1.807, 2.05) is 40.0 Å². The zero-order chi connectivity index (χ0) is 35.0. The van der Waals surface area contributed by atoms with Gasteiger partial charge in [-0.05, 0) is 95.1 Å². The predicted molar refractivity (Wildman–Crippen MR) is 192 cm³/mol. The van der Waals surface area contributed by atoms with Gasteiger partial charge in [0.2, 0.25) is 0 Å². The Morgan fingerprint density at radius 3 is 2.46 bits per heavy atom. The van der Waals surface area contributed by atoms with Crippen molar-refractivity contribution in [1.82, 2.24) is 9.80 Å². The predicted octanol–water partition coefficient (Wildman–Crippen LogP) is 7.03. The van der Waals surface area contributed by atoms with Crippen molar-refractivity contribution in [2.24, 2.45) is 5.92 Å². The van der Waals surface area contributed by atoms with Gasteiger partial charge < -0.3 is 19.5 Å². The summed E-state index contributed by atoms with van der Waals surface area (Å²) < 4.78 is 41.8. The molecule has 1 aliphatic rings. The van der Waals surface area contributed by atoms with Gasteiger partial charge in [-0.2, -0.15) is 0 Å². The first-order chi connectivity index (χ1) is 22.8. The third-order valence-electron chi connectivity index (χ3n) is 8.56. The lowest BCUT2D eigenvalue weighted by Crippen LogP contribution is -2.47. The number of aliphatic hydroxyl groups excluding tert-OH is 1. The molecule has 0 spiro atoms. The van der Waals surface area contributed by atoms with Crippen molar-refractivity contribution in [2.45, 2.75) is 76.6 Å². The second kappa shape index (κ2) is 17.2. The fourth-order valence-electron chi connectivity index (χ4n) is 5.70. The molecule has 9 nitrogen and oxygen atoms in total. The van der Waals surface area contributed by atoms with Gasteiger partial charge in [0.25, 0.3) is 15.9 Å². The first-order valence-corrected chi connectivity index (χ1v) is 18.6. The maximum absolute atomic E-state index is 14.4. The number of ether oxygens (including phenoxy) is 2. The molecule has 262 valence electrons. The van der Waals surface area contributed by atoms with Gasteiger partial charge in [0, 0.05) is 37.8 Å². The van der Waals surface area contributed by atoms with Crippen molar-refractivity contribution in [1.29, 1.82) is 0 Å². The van der Waals surface area contributed by atoms with E-state index in [1.54, 1.807) is 54.3 Å². The van der Waals surface area contributed by atoms with Crippen LogP contribution in [0.25, 0.3) is 0 Å². The minimum Gasteiger partial charge on any atom is -0.490 e. The van der Waals surface area contributed by atoms with Crippen LogP contribution in [-0.4, -0.2) is 80.8 Å². The van der Waals surface area contributed by atoms with E-state index in [9.17, 15) is 18.3 Å². The van der Waals surface area contributed by atoms with Crippen LogP contribution in [0.5, 0.6) is 5.75 Å². The molecule has 3 aromatic rings. The summed E-state index contributed by atoms with van der Waals surface area (Å²) in [6, 6.07) is 16.4.